The molecule has 0 aliphatic rings. The van der Waals surface area contributed by atoms with E-state index < -0.39 is 18.0 Å². The molecule has 0 radical (unpaired) electrons. The Morgan fingerprint density at radius 1 is 1.67 bits per heavy atom. The Kier molecular flexibility index (Phi) is 4.21. The number of rotatable bonds is 2. The molecule has 1 heterocycles. The Balaban J connectivity index is 3.36. The van der Waals surface area contributed by atoms with E-state index in [1.807, 2.05) is 0 Å². The van der Waals surface area contributed by atoms with Gasteiger partial charge in [-0.3, -0.25) is 0 Å². The van der Waals surface area contributed by atoms with Gasteiger partial charge in [0.05, 0.1) is 17.7 Å². The van der Waals surface area contributed by atoms with E-state index in [0.717, 1.165) is 13.3 Å². The number of esters is 1. The first-order valence-electron chi connectivity index (χ1n) is 3.69. The van der Waals surface area contributed by atoms with Crippen LogP contribution < -0.4 is 0 Å². The molecule has 3 nitrogen and oxygen atoms in total. The molecule has 1 aromatic rings. The number of alkyl halides is 2. The van der Waals surface area contributed by atoms with Gasteiger partial charge >= 0.3 is 5.97 Å². The van der Waals surface area contributed by atoms with Crippen LogP contribution in [0.15, 0.2) is 6.20 Å². The minimum atomic E-state index is -2.77. The Morgan fingerprint density at radius 2 is 2.27 bits per heavy atom. The summed E-state index contributed by atoms with van der Waals surface area (Å²) in [5.41, 5.74) is -0.602. The SMILES string of the molecule is COC(=O)c1c(I)ncc(C(F)F)c1Cl. The number of carbonyl (C=O) groups excluding carboxylic acids is 1. The number of halogens is 4. The van der Waals surface area contributed by atoms with E-state index in [1.165, 1.54) is 0 Å². The highest BCUT2D eigenvalue weighted by molar-refractivity contribution is 14.1. The lowest BCUT2D eigenvalue weighted by atomic mass is 10.2. The first-order chi connectivity index (χ1) is 6.99. The molecular formula is C8H5ClF2INO2. The number of aromatic nitrogens is 1. The lowest BCUT2D eigenvalue weighted by molar-refractivity contribution is 0.0598. The van der Waals surface area contributed by atoms with Crippen molar-refractivity contribution in [1.29, 1.82) is 0 Å². The lowest BCUT2D eigenvalue weighted by Crippen LogP contribution is -2.08. The molecule has 1 aromatic heterocycles. The number of pyridine rings is 1. The number of hydrogen-bond donors (Lipinski definition) is 0. The minimum Gasteiger partial charge on any atom is -0.465 e. The molecule has 7 heteroatoms. The van der Waals surface area contributed by atoms with Crippen LogP contribution in [0.4, 0.5) is 8.78 Å². The van der Waals surface area contributed by atoms with Crippen LogP contribution in [0.25, 0.3) is 0 Å². The van der Waals surface area contributed by atoms with Gasteiger partial charge in [-0.15, -0.1) is 0 Å². The topological polar surface area (TPSA) is 39.2 Å². The van der Waals surface area contributed by atoms with Crippen molar-refractivity contribution in [1.82, 2.24) is 4.98 Å². The molecule has 0 aliphatic carbocycles. The van der Waals surface area contributed by atoms with E-state index in [1.54, 1.807) is 22.6 Å². The summed E-state index contributed by atoms with van der Waals surface area (Å²) in [6.45, 7) is 0. The summed E-state index contributed by atoms with van der Waals surface area (Å²) >= 11 is 7.38. The molecule has 0 atom stereocenters. The highest BCUT2D eigenvalue weighted by Crippen LogP contribution is 2.31. The van der Waals surface area contributed by atoms with E-state index >= 15 is 0 Å². The molecule has 82 valence electrons. The first-order valence-corrected chi connectivity index (χ1v) is 5.15. The predicted octanol–water partition coefficient (Wildman–Crippen LogP) is 3.06. The molecule has 1 rings (SSSR count). The van der Waals surface area contributed by atoms with Crippen LogP contribution in [0.2, 0.25) is 5.02 Å². The summed E-state index contributed by atoms with van der Waals surface area (Å²) < 4.78 is 29.5. The van der Waals surface area contributed by atoms with Crippen molar-refractivity contribution >= 4 is 40.2 Å². The van der Waals surface area contributed by atoms with Crippen molar-refractivity contribution in [2.75, 3.05) is 7.11 Å². The van der Waals surface area contributed by atoms with Crippen LogP contribution in [0.3, 0.4) is 0 Å². The second-order valence-corrected chi connectivity index (χ2v) is 3.89. The summed E-state index contributed by atoms with van der Waals surface area (Å²) in [6, 6.07) is 0. The van der Waals surface area contributed by atoms with Crippen molar-refractivity contribution in [3.8, 4) is 0 Å². The van der Waals surface area contributed by atoms with Crippen LogP contribution >= 0.6 is 34.2 Å². The third-order valence-corrected chi connectivity index (χ3v) is 2.85. The number of methoxy groups -OCH3 is 1. The molecule has 0 spiro atoms. The average Bonchev–Trinajstić information content (AvgIpc) is 2.16. The molecule has 0 aromatic carbocycles. The van der Waals surface area contributed by atoms with E-state index in [2.05, 4.69) is 9.72 Å². The molecule has 0 saturated carbocycles. The number of nitrogens with zero attached hydrogens (tertiary/aromatic N) is 1. The highest BCUT2D eigenvalue weighted by atomic mass is 127. The summed E-state index contributed by atoms with van der Waals surface area (Å²) in [5.74, 6) is -0.778. The third-order valence-electron chi connectivity index (χ3n) is 1.62. The quantitative estimate of drug-likeness (QED) is 0.469. The fourth-order valence-electron chi connectivity index (χ4n) is 0.910. The fraction of sp³-hybridized carbons (Fsp3) is 0.250. The van der Waals surface area contributed by atoms with Crippen molar-refractivity contribution in [2.45, 2.75) is 6.43 Å². The molecule has 15 heavy (non-hydrogen) atoms. The van der Waals surface area contributed by atoms with Crippen molar-refractivity contribution in [2.24, 2.45) is 0 Å². The first kappa shape index (κ1) is 12.6. The smallest absolute Gasteiger partial charge is 0.342 e. The molecule has 0 unspecified atom stereocenters. The van der Waals surface area contributed by atoms with E-state index in [0.29, 0.717) is 0 Å². The van der Waals surface area contributed by atoms with E-state index in [-0.39, 0.29) is 14.3 Å². The van der Waals surface area contributed by atoms with Crippen LogP contribution in [0.1, 0.15) is 22.3 Å². The summed E-state index contributed by atoms with van der Waals surface area (Å²) in [7, 11) is 1.14. The second kappa shape index (κ2) is 5.02. The molecule has 0 amide bonds. The minimum absolute atomic E-state index is 0.127. The predicted molar refractivity (Wildman–Crippen MR) is 58.3 cm³/mol. The van der Waals surface area contributed by atoms with Crippen LogP contribution in [0, 0.1) is 3.70 Å². The summed E-state index contributed by atoms with van der Waals surface area (Å²) in [6.07, 6.45) is -1.83. The Labute approximate surface area is 103 Å². The molecule has 0 aliphatic heterocycles. The number of ether oxygens (including phenoxy) is 1. The highest BCUT2D eigenvalue weighted by Gasteiger charge is 2.23. The average molecular weight is 347 g/mol. The molecule has 0 bridgehead atoms. The van der Waals surface area contributed by atoms with Gasteiger partial charge in [-0.05, 0) is 22.6 Å². The number of carbonyl (C=O) groups is 1. The van der Waals surface area contributed by atoms with E-state index in [9.17, 15) is 13.6 Å². The second-order valence-electron chi connectivity index (χ2n) is 2.49. The molecule has 0 N–H and O–H groups in total. The van der Waals surface area contributed by atoms with Gasteiger partial charge in [-0.1, -0.05) is 11.6 Å². The molecule has 0 fully saturated rings. The maximum atomic E-state index is 12.4. The summed E-state index contributed by atoms with van der Waals surface area (Å²) in [5, 5.41) is -0.309. The van der Waals surface area contributed by atoms with Gasteiger partial charge in [0.25, 0.3) is 6.43 Å². The maximum absolute atomic E-state index is 12.4. The van der Waals surface area contributed by atoms with Crippen LogP contribution in [-0.4, -0.2) is 18.1 Å². The normalized spacial score (nSPS) is 10.5. The summed E-state index contributed by atoms with van der Waals surface area (Å²) in [4.78, 5) is 14.9. The maximum Gasteiger partial charge on any atom is 0.342 e. The van der Waals surface area contributed by atoms with E-state index in [4.69, 9.17) is 11.6 Å². The number of hydrogen-bond acceptors (Lipinski definition) is 3. The van der Waals surface area contributed by atoms with Gasteiger partial charge in [0.15, 0.2) is 0 Å². The Morgan fingerprint density at radius 3 is 2.73 bits per heavy atom. The largest absolute Gasteiger partial charge is 0.465 e. The molecule has 0 saturated heterocycles. The lowest BCUT2D eigenvalue weighted by Gasteiger charge is -2.08. The standard InChI is InChI=1S/C8H5ClF2INO2/c1-15-8(14)4-5(9)3(6(10)11)2-13-7(4)12/h2,6H,1H3. The van der Waals surface area contributed by atoms with Gasteiger partial charge in [-0.2, -0.15) is 0 Å². The fourth-order valence-corrected chi connectivity index (χ4v) is 2.00. The van der Waals surface area contributed by atoms with Gasteiger partial charge in [0.1, 0.15) is 9.26 Å². The van der Waals surface area contributed by atoms with Crippen molar-refractivity contribution in [3.63, 3.8) is 0 Å². The van der Waals surface area contributed by atoms with Gasteiger partial charge in [-0.25, -0.2) is 18.6 Å². The Bertz CT molecular complexity index is 400. The Hall–Kier alpha value is -0.500. The van der Waals surface area contributed by atoms with Crippen molar-refractivity contribution < 1.29 is 18.3 Å². The van der Waals surface area contributed by atoms with Gasteiger partial charge in [0.2, 0.25) is 0 Å². The zero-order valence-electron chi connectivity index (χ0n) is 7.43. The zero-order valence-corrected chi connectivity index (χ0v) is 10.3. The molecular weight excluding hydrogens is 342 g/mol. The van der Waals surface area contributed by atoms with Gasteiger partial charge < -0.3 is 4.74 Å². The zero-order chi connectivity index (χ0) is 11.6. The van der Waals surface area contributed by atoms with Crippen molar-refractivity contribution in [3.05, 3.63) is 26.0 Å². The van der Waals surface area contributed by atoms with Crippen LogP contribution in [-0.2, 0) is 4.74 Å². The van der Waals surface area contributed by atoms with Crippen LogP contribution in [0.5, 0.6) is 0 Å². The third kappa shape index (κ3) is 2.54. The van der Waals surface area contributed by atoms with Gasteiger partial charge in [0, 0.05) is 6.20 Å². The monoisotopic (exact) mass is 347 g/mol.